The highest BCUT2D eigenvalue weighted by molar-refractivity contribution is 6.35. The SMILES string of the molecule is CC(C)COC(=O)C(C)Oc1ccc(C(=O)Nc2cc(Cl)ccc2Cl)cc1. The number of rotatable bonds is 7. The molecule has 1 N–H and O–H groups in total. The van der Waals surface area contributed by atoms with Gasteiger partial charge >= 0.3 is 5.97 Å². The van der Waals surface area contributed by atoms with Crippen LogP contribution in [0.1, 0.15) is 31.1 Å². The maximum absolute atomic E-state index is 12.3. The highest BCUT2D eigenvalue weighted by atomic mass is 35.5. The minimum Gasteiger partial charge on any atom is -0.479 e. The molecule has 0 fully saturated rings. The number of carbonyl (C=O) groups excluding carboxylic acids is 2. The molecule has 7 heteroatoms. The Morgan fingerprint density at radius 2 is 1.70 bits per heavy atom. The van der Waals surface area contributed by atoms with Crippen molar-refractivity contribution in [3.8, 4) is 5.75 Å². The van der Waals surface area contributed by atoms with E-state index in [2.05, 4.69) is 5.32 Å². The van der Waals surface area contributed by atoms with Crippen LogP contribution in [0.15, 0.2) is 42.5 Å². The van der Waals surface area contributed by atoms with Crippen LogP contribution in [0.25, 0.3) is 0 Å². The van der Waals surface area contributed by atoms with Crippen LogP contribution >= 0.6 is 23.2 Å². The van der Waals surface area contributed by atoms with Gasteiger partial charge in [-0.15, -0.1) is 0 Å². The van der Waals surface area contributed by atoms with Gasteiger partial charge in [-0.3, -0.25) is 4.79 Å². The molecule has 5 nitrogen and oxygen atoms in total. The Morgan fingerprint density at radius 1 is 1.04 bits per heavy atom. The van der Waals surface area contributed by atoms with E-state index in [9.17, 15) is 9.59 Å². The molecule has 0 saturated heterocycles. The normalized spacial score (nSPS) is 11.8. The number of amides is 1. The Kier molecular flexibility index (Phi) is 7.51. The average Bonchev–Trinajstić information content (AvgIpc) is 2.63. The molecule has 0 aliphatic carbocycles. The van der Waals surface area contributed by atoms with Crippen molar-refractivity contribution in [3.05, 3.63) is 58.1 Å². The average molecular weight is 410 g/mol. The van der Waals surface area contributed by atoms with Crippen molar-refractivity contribution in [2.24, 2.45) is 5.92 Å². The molecule has 1 unspecified atom stereocenters. The lowest BCUT2D eigenvalue weighted by molar-refractivity contribution is -0.152. The minimum absolute atomic E-state index is 0.256. The van der Waals surface area contributed by atoms with Crippen LogP contribution in [0.2, 0.25) is 10.0 Å². The molecule has 0 saturated carbocycles. The van der Waals surface area contributed by atoms with Crippen molar-refractivity contribution >= 4 is 40.8 Å². The first-order chi connectivity index (χ1) is 12.8. The van der Waals surface area contributed by atoms with E-state index in [1.165, 1.54) is 0 Å². The largest absolute Gasteiger partial charge is 0.479 e. The van der Waals surface area contributed by atoms with Crippen LogP contribution in [0.4, 0.5) is 5.69 Å². The molecule has 0 radical (unpaired) electrons. The molecule has 2 rings (SSSR count). The van der Waals surface area contributed by atoms with Crippen LogP contribution in [0.3, 0.4) is 0 Å². The second kappa shape index (κ2) is 9.62. The van der Waals surface area contributed by atoms with Gasteiger partial charge in [0, 0.05) is 10.6 Å². The molecule has 0 heterocycles. The smallest absolute Gasteiger partial charge is 0.347 e. The highest BCUT2D eigenvalue weighted by Gasteiger charge is 2.17. The maximum atomic E-state index is 12.3. The topological polar surface area (TPSA) is 64.6 Å². The molecule has 1 atom stereocenters. The summed E-state index contributed by atoms with van der Waals surface area (Å²) in [5.41, 5.74) is 0.837. The molecule has 2 aromatic rings. The minimum atomic E-state index is -0.742. The lowest BCUT2D eigenvalue weighted by Crippen LogP contribution is -2.27. The van der Waals surface area contributed by atoms with Crippen molar-refractivity contribution in [2.75, 3.05) is 11.9 Å². The zero-order valence-electron chi connectivity index (χ0n) is 15.3. The van der Waals surface area contributed by atoms with E-state index < -0.39 is 12.1 Å². The Bertz CT molecular complexity index is 806. The van der Waals surface area contributed by atoms with Gasteiger partial charge in [-0.05, 0) is 55.3 Å². The number of benzene rings is 2. The third-order valence-electron chi connectivity index (χ3n) is 3.50. The zero-order chi connectivity index (χ0) is 20.0. The lowest BCUT2D eigenvalue weighted by atomic mass is 10.2. The predicted octanol–water partition coefficient (Wildman–Crippen LogP) is 5.21. The summed E-state index contributed by atoms with van der Waals surface area (Å²) in [6, 6.07) is 11.2. The fourth-order valence-electron chi connectivity index (χ4n) is 2.09. The van der Waals surface area contributed by atoms with E-state index >= 15 is 0 Å². The predicted molar refractivity (Wildman–Crippen MR) is 107 cm³/mol. The van der Waals surface area contributed by atoms with Gasteiger partial charge in [0.2, 0.25) is 0 Å². The van der Waals surface area contributed by atoms with E-state index in [0.29, 0.717) is 33.7 Å². The summed E-state index contributed by atoms with van der Waals surface area (Å²) >= 11 is 12.0. The molecule has 0 aliphatic rings. The van der Waals surface area contributed by atoms with E-state index in [-0.39, 0.29) is 11.8 Å². The summed E-state index contributed by atoms with van der Waals surface area (Å²) in [7, 11) is 0. The number of esters is 1. The number of nitrogens with one attached hydrogen (secondary N) is 1. The van der Waals surface area contributed by atoms with Crippen LogP contribution < -0.4 is 10.1 Å². The van der Waals surface area contributed by atoms with Gasteiger partial charge in [0.15, 0.2) is 6.10 Å². The summed E-state index contributed by atoms with van der Waals surface area (Å²) in [5.74, 6) is -0.0514. The summed E-state index contributed by atoms with van der Waals surface area (Å²) in [6.45, 7) is 5.88. The van der Waals surface area contributed by atoms with Gasteiger partial charge in [0.1, 0.15) is 5.75 Å². The molecule has 0 spiro atoms. The monoisotopic (exact) mass is 409 g/mol. The van der Waals surface area contributed by atoms with Gasteiger partial charge in [0.25, 0.3) is 5.91 Å². The first kappa shape index (κ1) is 21.1. The van der Waals surface area contributed by atoms with Crippen molar-refractivity contribution in [2.45, 2.75) is 26.9 Å². The Labute approximate surface area is 168 Å². The van der Waals surface area contributed by atoms with Crippen LogP contribution in [-0.2, 0) is 9.53 Å². The van der Waals surface area contributed by atoms with Crippen molar-refractivity contribution < 1.29 is 19.1 Å². The Hall–Kier alpha value is -2.24. The van der Waals surface area contributed by atoms with E-state index in [1.54, 1.807) is 49.4 Å². The van der Waals surface area contributed by atoms with Gasteiger partial charge in [0.05, 0.1) is 17.3 Å². The molecule has 0 bridgehead atoms. The second-order valence-electron chi connectivity index (χ2n) is 6.39. The number of carbonyl (C=O) groups is 2. The standard InChI is InChI=1S/C20H21Cl2NO4/c1-12(2)11-26-20(25)13(3)27-16-7-4-14(5-8-16)19(24)23-18-10-15(21)6-9-17(18)22/h4-10,12-13H,11H2,1-3H3,(H,23,24). The Morgan fingerprint density at radius 3 is 2.33 bits per heavy atom. The Balaban J connectivity index is 1.97. The van der Waals surface area contributed by atoms with Gasteiger partial charge in [-0.25, -0.2) is 4.79 Å². The molecule has 0 aromatic heterocycles. The summed E-state index contributed by atoms with van der Waals surface area (Å²) in [4.78, 5) is 24.2. The van der Waals surface area contributed by atoms with Crippen LogP contribution in [-0.4, -0.2) is 24.6 Å². The fraction of sp³-hybridized carbons (Fsp3) is 0.300. The number of ether oxygens (including phenoxy) is 2. The summed E-state index contributed by atoms with van der Waals surface area (Å²) in [6.07, 6.45) is -0.742. The number of anilines is 1. The molecule has 0 aliphatic heterocycles. The lowest BCUT2D eigenvalue weighted by Gasteiger charge is -2.15. The maximum Gasteiger partial charge on any atom is 0.347 e. The quantitative estimate of drug-likeness (QED) is 0.637. The number of hydrogen-bond acceptors (Lipinski definition) is 4. The van der Waals surface area contributed by atoms with Crippen molar-refractivity contribution in [3.63, 3.8) is 0 Å². The third kappa shape index (κ3) is 6.45. The number of hydrogen-bond donors (Lipinski definition) is 1. The van der Waals surface area contributed by atoms with E-state index in [4.69, 9.17) is 32.7 Å². The van der Waals surface area contributed by atoms with Crippen LogP contribution in [0.5, 0.6) is 5.75 Å². The molecule has 144 valence electrons. The zero-order valence-corrected chi connectivity index (χ0v) is 16.8. The molecule has 2 aromatic carbocycles. The van der Waals surface area contributed by atoms with Crippen molar-refractivity contribution in [1.29, 1.82) is 0 Å². The van der Waals surface area contributed by atoms with Crippen molar-refractivity contribution in [1.82, 2.24) is 0 Å². The molecular weight excluding hydrogens is 389 g/mol. The summed E-state index contributed by atoms with van der Waals surface area (Å²) in [5, 5.41) is 3.56. The first-order valence-electron chi connectivity index (χ1n) is 8.46. The highest BCUT2D eigenvalue weighted by Crippen LogP contribution is 2.26. The summed E-state index contributed by atoms with van der Waals surface area (Å²) < 4.78 is 10.7. The second-order valence-corrected chi connectivity index (χ2v) is 7.23. The first-order valence-corrected chi connectivity index (χ1v) is 9.21. The molecular formula is C20H21Cl2NO4. The van der Waals surface area contributed by atoms with E-state index in [0.717, 1.165) is 0 Å². The molecule has 1 amide bonds. The molecule has 27 heavy (non-hydrogen) atoms. The van der Waals surface area contributed by atoms with Gasteiger partial charge in [-0.1, -0.05) is 37.0 Å². The van der Waals surface area contributed by atoms with Gasteiger partial charge < -0.3 is 14.8 Å². The number of halogens is 2. The van der Waals surface area contributed by atoms with Crippen LogP contribution in [0, 0.1) is 5.92 Å². The fourth-order valence-corrected chi connectivity index (χ4v) is 2.43. The van der Waals surface area contributed by atoms with Gasteiger partial charge in [-0.2, -0.15) is 0 Å². The third-order valence-corrected chi connectivity index (χ3v) is 4.06. The van der Waals surface area contributed by atoms with E-state index in [1.807, 2.05) is 13.8 Å².